The third kappa shape index (κ3) is 3.89. The van der Waals surface area contributed by atoms with Crippen molar-refractivity contribution in [2.75, 3.05) is 33.4 Å². The number of aromatic nitrogens is 1. The lowest BCUT2D eigenvalue weighted by Gasteiger charge is -2.31. The fourth-order valence-electron chi connectivity index (χ4n) is 4.28. The monoisotopic (exact) mass is 433 g/mol. The van der Waals surface area contributed by atoms with Gasteiger partial charge in [-0.15, -0.1) is 0 Å². The topological polar surface area (TPSA) is 99.8 Å². The van der Waals surface area contributed by atoms with E-state index in [2.05, 4.69) is 4.98 Å². The number of carbonyl (C=O) groups is 1. The number of hydrogen-bond acceptors (Lipinski definition) is 5. The molecule has 0 radical (unpaired) electrons. The van der Waals surface area contributed by atoms with E-state index in [4.69, 9.17) is 4.74 Å². The second-order valence-electron chi connectivity index (χ2n) is 7.96. The molecule has 9 heteroatoms. The first kappa shape index (κ1) is 21.0. The maximum atomic E-state index is 13.1. The number of morpholine rings is 1. The molecule has 1 N–H and O–H groups in total. The second-order valence-corrected chi connectivity index (χ2v) is 9.90. The van der Waals surface area contributed by atoms with Crippen LogP contribution in [0.1, 0.15) is 42.5 Å². The van der Waals surface area contributed by atoms with Gasteiger partial charge in [-0.2, -0.15) is 4.31 Å². The molecule has 1 saturated heterocycles. The normalized spacial score (nSPS) is 19.1. The smallest absolute Gasteiger partial charge is 0.259 e. The number of ether oxygens (including phenoxy) is 1. The number of carbonyl (C=O) groups excluding carboxylic acids is 1. The van der Waals surface area contributed by atoms with Gasteiger partial charge in [-0.25, -0.2) is 8.42 Å². The van der Waals surface area contributed by atoms with Crippen LogP contribution in [0, 0.1) is 0 Å². The molecule has 1 amide bonds. The maximum absolute atomic E-state index is 13.1. The average molecular weight is 434 g/mol. The zero-order chi connectivity index (χ0) is 21.3. The summed E-state index contributed by atoms with van der Waals surface area (Å²) >= 11 is 0. The van der Waals surface area contributed by atoms with Gasteiger partial charge in [0, 0.05) is 43.3 Å². The first-order chi connectivity index (χ1) is 14.4. The van der Waals surface area contributed by atoms with Crippen molar-refractivity contribution in [3.63, 3.8) is 0 Å². The summed E-state index contributed by atoms with van der Waals surface area (Å²) in [4.78, 5) is 30.8. The number of amides is 1. The highest BCUT2D eigenvalue weighted by Gasteiger charge is 2.28. The van der Waals surface area contributed by atoms with Crippen molar-refractivity contribution >= 4 is 26.8 Å². The van der Waals surface area contributed by atoms with E-state index >= 15 is 0 Å². The summed E-state index contributed by atoms with van der Waals surface area (Å²) in [7, 11) is -1.99. The lowest BCUT2D eigenvalue weighted by molar-refractivity contribution is 0.0694. The van der Waals surface area contributed by atoms with Gasteiger partial charge in [-0.1, -0.05) is 19.3 Å². The molecule has 2 fully saturated rings. The molecule has 162 valence electrons. The van der Waals surface area contributed by atoms with Crippen LogP contribution in [0.5, 0.6) is 0 Å². The quantitative estimate of drug-likeness (QED) is 0.795. The van der Waals surface area contributed by atoms with Gasteiger partial charge in [0.2, 0.25) is 15.5 Å². The zero-order valence-electron chi connectivity index (χ0n) is 17.1. The number of nitrogens with one attached hydrogen (secondary N) is 1. The van der Waals surface area contributed by atoms with Gasteiger partial charge in [-0.3, -0.25) is 9.59 Å². The zero-order valence-corrected chi connectivity index (χ0v) is 17.9. The Kier molecular flexibility index (Phi) is 5.95. The fraction of sp³-hybridized carbons (Fsp3) is 0.524. The van der Waals surface area contributed by atoms with Gasteiger partial charge in [0.25, 0.3) is 5.91 Å². The van der Waals surface area contributed by atoms with E-state index in [1.54, 1.807) is 18.0 Å². The molecule has 2 aliphatic rings. The Bertz CT molecular complexity index is 1100. The Morgan fingerprint density at radius 2 is 1.87 bits per heavy atom. The van der Waals surface area contributed by atoms with E-state index in [0.717, 1.165) is 25.7 Å². The Morgan fingerprint density at radius 1 is 1.17 bits per heavy atom. The SMILES string of the molecule is CN(C(=O)c1c[nH]c2ccc(S(=O)(=O)N3CCOCC3)cc2c1=O)C1CCCCC1. The predicted octanol–water partition coefficient (Wildman–Crippen LogP) is 1.95. The molecule has 8 nitrogen and oxygen atoms in total. The number of fused-ring (bicyclic) bond motifs is 1. The maximum Gasteiger partial charge on any atom is 0.259 e. The van der Waals surface area contributed by atoms with Gasteiger partial charge in [-0.05, 0) is 31.0 Å². The molecule has 0 atom stereocenters. The molecule has 2 heterocycles. The van der Waals surface area contributed by atoms with Gasteiger partial charge in [0.15, 0.2) is 0 Å². The van der Waals surface area contributed by atoms with E-state index < -0.39 is 15.5 Å². The van der Waals surface area contributed by atoms with Crippen LogP contribution < -0.4 is 5.43 Å². The van der Waals surface area contributed by atoms with Crippen LogP contribution >= 0.6 is 0 Å². The summed E-state index contributed by atoms with van der Waals surface area (Å²) in [6, 6.07) is 4.56. The largest absolute Gasteiger partial charge is 0.379 e. The summed E-state index contributed by atoms with van der Waals surface area (Å²) in [5, 5.41) is 0.201. The van der Waals surface area contributed by atoms with Crippen molar-refractivity contribution in [2.45, 2.75) is 43.0 Å². The van der Waals surface area contributed by atoms with Gasteiger partial charge < -0.3 is 14.6 Å². The van der Waals surface area contributed by atoms with Crippen LogP contribution in [0.25, 0.3) is 10.9 Å². The van der Waals surface area contributed by atoms with E-state index in [-0.39, 0.29) is 40.9 Å². The number of H-pyrrole nitrogens is 1. The highest BCUT2D eigenvalue weighted by atomic mass is 32.2. The Morgan fingerprint density at radius 3 is 2.57 bits per heavy atom. The molecular weight excluding hydrogens is 406 g/mol. The molecule has 1 aliphatic carbocycles. The molecule has 0 bridgehead atoms. The number of pyridine rings is 1. The molecule has 0 unspecified atom stereocenters. The molecule has 4 rings (SSSR count). The standard InChI is InChI=1S/C21H27N3O5S/c1-23(15-5-3-2-4-6-15)21(26)18-14-22-19-8-7-16(13-17(19)20(18)25)30(27,28)24-9-11-29-12-10-24/h7-8,13-15H,2-6,9-12H2,1H3,(H,22,25). The Labute approximate surface area is 175 Å². The molecule has 0 spiro atoms. The van der Waals surface area contributed by atoms with Crippen molar-refractivity contribution < 1.29 is 17.9 Å². The van der Waals surface area contributed by atoms with Crippen LogP contribution in [-0.2, 0) is 14.8 Å². The predicted molar refractivity (Wildman–Crippen MR) is 113 cm³/mol. The highest BCUT2D eigenvalue weighted by molar-refractivity contribution is 7.89. The minimum Gasteiger partial charge on any atom is -0.379 e. The Balaban J connectivity index is 1.69. The Hall–Kier alpha value is -2.23. The third-order valence-corrected chi connectivity index (χ3v) is 8.03. The summed E-state index contributed by atoms with van der Waals surface area (Å²) in [6.45, 7) is 1.25. The molecule has 2 aromatic rings. The number of hydrogen-bond donors (Lipinski definition) is 1. The number of sulfonamides is 1. The summed E-state index contributed by atoms with van der Waals surface area (Å²) < 4.78 is 32.5. The second kappa shape index (κ2) is 8.49. The minimum absolute atomic E-state index is 0.0384. The van der Waals surface area contributed by atoms with Crippen molar-refractivity contribution in [2.24, 2.45) is 0 Å². The van der Waals surface area contributed by atoms with E-state index in [0.29, 0.717) is 18.7 Å². The number of nitrogens with zero attached hydrogens (tertiary/aromatic N) is 2. The lowest BCUT2D eigenvalue weighted by Crippen LogP contribution is -2.40. The number of benzene rings is 1. The van der Waals surface area contributed by atoms with Crippen LogP contribution in [0.15, 0.2) is 34.1 Å². The lowest BCUT2D eigenvalue weighted by atomic mass is 9.94. The first-order valence-electron chi connectivity index (χ1n) is 10.4. The molecular formula is C21H27N3O5S. The van der Waals surface area contributed by atoms with Crippen LogP contribution in [0.3, 0.4) is 0 Å². The summed E-state index contributed by atoms with van der Waals surface area (Å²) in [5.74, 6) is -0.327. The van der Waals surface area contributed by atoms with E-state index in [1.165, 1.54) is 29.1 Å². The minimum atomic E-state index is -3.73. The molecule has 30 heavy (non-hydrogen) atoms. The summed E-state index contributed by atoms with van der Waals surface area (Å²) in [6.07, 6.45) is 6.65. The highest BCUT2D eigenvalue weighted by Crippen LogP contribution is 2.24. The fourth-order valence-corrected chi connectivity index (χ4v) is 5.71. The van der Waals surface area contributed by atoms with Crippen molar-refractivity contribution in [1.82, 2.24) is 14.2 Å². The van der Waals surface area contributed by atoms with Crippen molar-refractivity contribution in [1.29, 1.82) is 0 Å². The van der Waals surface area contributed by atoms with Crippen molar-refractivity contribution in [3.05, 3.63) is 40.2 Å². The van der Waals surface area contributed by atoms with Crippen LogP contribution in [-0.4, -0.2) is 67.9 Å². The van der Waals surface area contributed by atoms with Crippen molar-refractivity contribution in [3.8, 4) is 0 Å². The molecule has 1 saturated carbocycles. The molecule has 1 aromatic carbocycles. The van der Waals surface area contributed by atoms with E-state index in [1.807, 2.05) is 0 Å². The number of rotatable bonds is 4. The van der Waals surface area contributed by atoms with Crippen LogP contribution in [0.4, 0.5) is 0 Å². The third-order valence-electron chi connectivity index (χ3n) is 6.13. The first-order valence-corrected chi connectivity index (χ1v) is 11.8. The molecule has 1 aliphatic heterocycles. The average Bonchev–Trinajstić information content (AvgIpc) is 2.79. The van der Waals surface area contributed by atoms with E-state index in [9.17, 15) is 18.0 Å². The van der Waals surface area contributed by atoms with Gasteiger partial charge >= 0.3 is 0 Å². The molecule has 1 aromatic heterocycles. The van der Waals surface area contributed by atoms with Gasteiger partial charge in [0.05, 0.1) is 18.1 Å². The number of aromatic amines is 1. The van der Waals surface area contributed by atoms with Gasteiger partial charge in [0.1, 0.15) is 5.56 Å². The summed E-state index contributed by atoms with van der Waals surface area (Å²) in [5.41, 5.74) is 0.0877. The van der Waals surface area contributed by atoms with Crippen LogP contribution in [0.2, 0.25) is 0 Å².